The van der Waals surface area contributed by atoms with Crippen LogP contribution in [-0.2, 0) is 14.8 Å². The molecule has 1 aromatic rings. The van der Waals surface area contributed by atoms with E-state index >= 15 is 0 Å². The van der Waals surface area contributed by atoms with Gasteiger partial charge in [-0.3, -0.25) is 19.2 Å². The molecule has 1 aliphatic heterocycles. The lowest BCUT2D eigenvalue weighted by molar-refractivity contribution is -0.497. The zero-order valence-electron chi connectivity index (χ0n) is 11.9. The highest BCUT2D eigenvalue weighted by Crippen LogP contribution is 2.35. The first-order valence-electron chi connectivity index (χ1n) is 7.04. The molecule has 8 nitrogen and oxygen atoms in total. The molecule has 2 fully saturated rings. The quantitative estimate of drug-likeness (QED) is 0.647. The Bertz CT molecular complexity index is 782. The van der Waals surface area contributed by atoms with Crippen LogP contribution in [0.2, 0.25) is 0 Å². The molecule has 0 spiro atoms. The summed E-state index contributed by atoms with van der Waals surface area (Å²) in [5, 5.41) is 13.1. The van der Waals surface area contributed by atoms with Crippen molar-refractivity contribution in [3.05, 3.63) is 34.1 Å². The van der Waals surface area contributed by atoms with Crippen LogP contribution >= 0.6 is 0 Å². The summed E-state index contributed by atoms with van der Waals surface area (Å²) in [6.45, 7) is 0.183. The van der Waals surface area contributed by atoms with Crippen LogP contribution in [0, 0.1) is 21.8 Å². The highest BCUT2D eigenvalue weighted by Gasteiger charge is 2.53. The number of benzene rings is 1. The van der Waals surface area contributed by atoms with Crippen molar-refractivity contribution >= 4 is 27.3 Å². The lowest BCUT2D eigenvalue weighted by atomic mass is 10.2. The Labute approximate surface area is 131 Å². The number of anilines is 2. The van der Waals surface area contributed by atoms with E-state index in [4.69, 9.17) is 0 Å². The summed E-state index contributed by atoms with van der Waals surface area (Å²) >= 11 is 0. The normalized spacial score (nSPS) is 25.2. The van der Waals surface area contributed by atoms with Crippen molar-refractivity contribution < 1.29 is 22.5 Å². The average Bonchev–Trinajstić information content (AvgIpc) is 3.20. The van der Waals surface area contributed by atoms with Gasteiger partial charge in [0.15, 0.2) is 0 Å². The first-order valence-corrected chi connectivity index (χ1v) is 8.65. The molecule has 1 aromatic carbocycles. The predicted molar refractivity (Wildman–Crippen MR) is 79.7 cm³/mol. The molecule has 0 aromatic heterocycles. The summed E-state index contributed by atoms with van der Waals surface area (Å²) in [5.41, 5.74) is 0.0874. The third kappa shape index (κ3) is 2.98. The number of rotatable bonds is 4. The molecular weight excluding hydrogens is 329 g/mol. The maximum atomic E-state index is 13.9. The number of amides is 1. The van der Waals surface area contributed by atoms with Gasteiger partial charge >= 0.3 is 0 Å². The molecule has 0 bridgehead atoms. The maximum Gasteiger partial charge on any atom is 0.235 e. The smallest absolute Gasteiger partial charge is 0.235 e. The fourth-order valence-electron chi connectivity index (χ4n) is 2.62. The van der Waals surface area contributed by atoms with E-state index in [1.165, 1.54) is 12.1 Å². The van der Waals surface area contributed by atoms with Gasteiger partial charge in [-0.1, -0.05) is 0 Å². The van der Waals surface area contributed by atoms with Crippen molar-refractivity contribution in [2.75, 3.05) is 21.9 Å². The molecule has 2 unspecified atom stereocenters. The van der Waals surface area contributed by atoms with E-state index in [-0.39, 0.29) is 30.1 Å². The van der Waals surface area contributed by atoms with Crippen LogP contribution < -0.4 is 9.62 Å². The number of nitrogens with one attached hydrogen (secondary N) is 1. The van der Waals surface area contributed by atoms with E-state index in [0.29, 0.717) is 6.42 Å². The summed E-state index contributed by atoms with van der Waals surface area (Å²) in [6.07, 6.45) is 0.582. The van der Waals surface area contributed by atoms with Gasteiger partial charge in [-0.2, -0.15) is 0 Å². The van der Waals surface area contributed by atoms with Crippen LogP contribution in [0.5, 0.6) is 0 Å². The van der Waals surface area contributed by atoms with Crippen molar-refractivity contribution in [1.29, 1.82) is 0 Å². The highest BCUT2D eigenvalue weighted by molar-refractivity contribution is 7.93. The fourth-order valence-corrected chi connectivity index (χ4v) is 4.18. The molecule has 1 N–H and O–H groups in total. The van der Waals surface area contributed by atoms with E-state index in [2.05, 4.69) is 5.32 Å². The Morgan fingerprint density at radius 1 is 1.43 bits per heavy atom. The third-order valence-electron chi connectivity index (χ3n) is 3.95. The van der Waals surface area contributed by atoms with Gasteiger partial charge in [0.25, 0.3) is 0 Å². The second kappa shape index (κ2) is 5.44. The van der Waals surface area contributed by atoms with Gasteiger partial charge < -0.3 is 5.32 Å². The molecule has 2 aliphatic rings. The van der Waals surface area contributed by atoms with Gasteiger partial charge in [0.2, 0.25) is 22.0 Å². The summed E-state index contributed by atoms with van der Waals surface area (Å²) in [5.74, 6) is -1.97. The SMILES string of the molecule is O=C(Nc1ccc(F)c(N2CCCS2(=O)=O)c1)C1CC1[N+](=O)[O-]. The number of sulfonamides is 1. The second-order valence-corrected chi connectivity index (χ2v) is 7.60. The van der Waals surface area contributed by atoms with Crippen molar-refractivity contribution in [2.45, 2.75) is 18.9 Å². The monoisotopic (exact) mass is 343 g/mol. The number of hydrogen-bond donors (Lipinski definition) is 1. The van der Waals surface area contributed by atoms with E-state index in [0.717, 1.165) is 10.4 Å². The number of carbonyl (C=O) groups excluding carboxylic acids is 1. The van der Waals surface area contributed by atoms with E-state index < -0.39 is 38.6 Å². The van der Waals surface area contributed by atoms with Crippen LogP contribution in [0.4, 0.5) is 15.8 Å². The maximum absolute atomic E-state index is 13.9. The zero-order valence-corrected chi connectivity index (χ0v) is 12.8. The Hall–Kier alpha value is -2.23. The Morgan fingerprint density at radius 2 is 2.17 bits per heavy atom. The molecule has 1 saturated carbocycles. The largest absolute Gasteiger partial charge is 0.326 e. The van der Waals surface area contributed by atoms with Gasteiger partial charge in [0.05, 0.1) is 11.4 Å². The van der Waals surface area contributed by atoms with Crippen molar-refractivity contribution in [3.63, 3.8) is 0 Å². The molecule has 23 heavy (non-hydrogen) atoms. The molecular formula is C13H14FN3O5S. The molecule has 1 amide bonds. The van der Waals surface area contributed by atoms with E-state index in [1.54, 1.807) is 0 Å². The lowest BCUT2D eigenvalue weighted by Crippen LogP contribution is -2.26. The van der Waals surface area contributed by atoms with Gasteiger partial charge in [-0.05, 0) is 24.6 Å². The highest BCUT2D eigenvalue weighted by atomic mass is 32.2. The van der Waals surface area contributed by atoms with Crippen LogP contribution in [0.25, 0.3) is 0 Å². The van der Waals surface area contributed by atoms with Crippen molar-refractivity contribution in [3.8, 4) is 0 Å². The van der Waals surface area contributed by atoms with Gasteiger partial charge in [-0.15, -0.1) is 0 Å². The lowest BCUT2D eigenvalue weighted by Gasteiger charge is -2.18. The number of nitrogens with zero attached hydrogens (tertiary/aromatic N) is 2. The van der Waals surface area contributed by atoms with Gasteiger partial charge in [0.1, 0.15) is 11.7 Å². The summed E-state index contributed by atoms with van der Waals surface area (Å²) in [6, 6.07) is 2.72. The first kappa shape index (κ1) is 15.7. The minimum absolute atomic E-state index is 0.0460. The van der Waals surface area contributed by atoms with Crippen LogP contribution in [0.3, 0.4) is 0 Å². The van der Waals surface area contributed by atoms with E-state index in [1.807, 2.05) is 0 Å². The number of nitro groups is 1. The summed E-state index contributed by atoms with van der Waals surface area (Å²) in [4.78, 5) is 22.0. The minimum Gasteiger partial charge on any atom is -0.326 e. The van der Waals surface area contributed by atoms with Crippen LogP contribution in [-0.4, -0.2) is 37.6 Å². The Morgan fingerprint density at radius 3 is 2.74 bits per heavy atom. The molecule has 1 heterocycles. The Kier molecular flexibility index (Phi) is 3.71. The van der Waals surface area contributed by atoms with Crippen molar-refractivity contribution in [1.82, 2.24) is 0 Å². The number of carbonyl (C=O) groups is 1. The molecule has 3 rings (SSSR count). The van der Waals surface area contributed by atoms with E-state index in [9.17, 15) is 27.7 Å². The first-order chi connectivity index (χ1) is 10.8. The standard InChI is InChI=1S/C13H14FN3O5S/c14-10-3-2-8(15-13(18)9-7-11(9)17(19)20)6-12(10)16-4-1-5-23(16,21)22/h2-3,6,9,11H,1,4-5,7H2,(H,15,18). The molecule has 2 atom stereocenters. The summed E-state index contributed by atoms with van der Waals surface area (Å²) in [7, 11) is -3.54. The van der Waals surface area contributed by atoms with Gasteiger partial charge in [-0.25, -0.2) is 12.8 Å². The topological polar surface area (TPSA) is 110 Å². The molecule has 124 valence electrons. The molecule has 1 aliphatic carbocycles. The molecule has 10 heteroatoms. The zero-order chi connectivity index (χ0) is 16.8. The molecule has 0 radical (unpaired) electrons. The Balaban J connectivity index is 1.79. The predicted octanol–water partition coefficient (Wildman–Crippen LogP) is 0.969. The number of halogens is 1. The van der Waals surface area contributed by atoms with Gasteiger partial charge in [0, 0.05) is 23.6 Å². The fraction of sp³-hybridized carbons (Fsp3) is 0.462. The van der Waals surface area contributed by atoms with Crippen molar-refractivity contribution in [2.24, 2.45) is 5.92 Å². The molecule has 1 saturated heterocycles. The summed E-state index contributed by atoms with van der Waals surface area (Å²) < 4.78 is 38.7. The second-order valence-electron chi connectivity index (χ2n) is 5.59. The average molecular weight is 343 g/mol. The minimum atomic E-state index is -3.54. The number of hydrogen-bond acceptors (Lipinski definition) is 5. The van der Waals surface area contributed by atoms with Crippen LogP contribution in [0.15, 0.2) is 18.2 Å². The third-order valence-corrected chi connectivity index (χ3v) is 5.80. The van der Waals surface area contributed by atoms with Crippen LogP contribution in [0.1, 0.15) is 12.8 Å².